The van der Waals surface area contributed by atoms with Gasteiger partial charge in [-0.25, -0.2) is 0 Å². The molecule has 0 heterocycles. The van der Waals surface area contributed by atoms with E-state index >= 15 is 0 Å². The predicted octanol–water partition coefficient (Wildman–Crippen LogP) is 2.88. The highest BCUT2D eigenvalue weighted by Gasteiger charge is 2.26. The van der Waals surface area contributed by atoms with Gasteiger partial charge in [0.15, 0.2) is 0 Å². The summed E-state index contributed by atoms with van der Waals surface area (Å²) >= 11 is 0. The van der Waals surface area contributed by atoms with Crippen LogP contribution in [0.4, 0.5) is 0 Å². The number of fused-ring (bicyclic) bond motifs is 1. The van der Waals surface area contributed by atoms with Crippen molar-refractivity contribution in [3.8, 4) is 0 Å². The third kappa shape index (κ3) is 3.80. The molecule has 0 radical (unpaired) electrons. The van der Waals surface area contributed by atoms with Gasteiger partial charge in [-0.1, -0.05) is 38.1 Å². The molecule has 2 rings (SSSR count). The van der Waals surface area contributed by atoms with Crippen molar-refractivity contribution < 1.29 is 5.11 Å². The van der Waals surface area contributed by atoms with E-state index in [0.29, 0.717) is 5.92 Å². The van der Waals surface area contributed by atoms with E-state index in [0.717, 1.165) is 38.9 Å². The molecule has 106 valence electrons. The Morgan fingerprint density at radius 3 is 2.37 bits per heavy atom. The van der Waals surface area contributed by atoms with Gasteiger partial charge in [0, 0.05) is 0 Å². The number of hydrogen-bond donors (Lipinski definition) is 1. The van der Waals surface area contributed by atoms with Crippen LogP contribution in [0.25, 0.3) is 0 Å². The van der Waals surface area contributed by atoms with E-state index in [4.69, 9.17) is 0 Å². The second kappa shape index (κ2) is 7.06. The van der Waals surface area contributed by atoms with Crippen LogP contribution in [0.15, 0.2) is 24.3 Å². The maximum absolute atomic E-state index is 10.3. The van der Waals surface area contributed by atoms with Crippen LogP contribution in [0.3, 0.4) is 0 Å². The molecule has 2 atom stereocenters. The molecule has 1 aromatic carbocycles. The highest BCUT2D eigenvalue weighted by Crippen LogP contribution is 2.28. The van der Waals surface area contributed by atoms with Gasteiger partial charge in [-0.15, -0.1) is 0 Å². The lowest BCUT2D eigenvalue weighted by Gasteiger charge is -2.30. The predicted molar refractivity (Wildman–Crippen MR) is 80.4 cm³/mol. The molecule has 1 aliphatic rings. The summed E-state index contributed by atoms with van der Waals surface area (Å²) in [5, 5.41) is 10.3. The zero-order valence-electron chi connectivity index (χ0n) is 12.3. The number of aliphatic hydroxyl groups excluding tert-OH is 1. The summed E-state index contributed by atoms with van der Waals surface area (Å²) in [6, 6.07) is 8.57. The molecule has 1 aliphatic carbocycles. The Morgan fingerprint density at radius 1 is 1.11 bits per heavy atom. The van der Waals surface area contributed by atoms with E-state index < -0.39 is 0 Å². The molecule has 0 fully saturated rings. The lowest BCUT2D eigenvalue weighted by atomic mass is 9.79. The first-order chi connectivity index (χ1) is 9.24. The van der Waals surface area contributed by atoms with E-state index in [1.54, 1.807) is 0 Å². The Bertz CT molecular complexity index is 387. The van der Waals surface area contributed by atoms with Crippen LogP contribution in [0, 0.1) is 5.92 Å². The van der Waals surface area contributed by atoms with Crippen LogP contribution in [0.1, 0.15) is 37.8 Å². The first kappa shape index (κ1) is 14.5. The van der Waals surface area contributed by atoms with Crippen LogP contribution < -0.4 is 0 Å². The fraction of sp³-hybridized carbons (Fsp3) is 0.647. The molecule has 0 bridgehead atoms. The molecule has 1 aromatic rings. The van der Waals surface area contributed by atoms with Crippen molar-refractivity contribution in [3.63, 3.8) is 0 Å². The molecule has 0 aromatic heterocycles. The van der Waals surface area contributed by atoms with Crippen molar-refractivity contribution in [2.45, 2.75) is 45.6 Å². The number of benzene rings is 1. The van der Waals surface area contributed by atoms with E-state index in [-0.39, 0.29) is 6.10 Å². The summed E-state index contributed by atoms with van der Waals surface area (Å²) in [4.78, 5) is 2.46. The maximum atomic E-state index is 10.3. The van der Waals surface area contributed by atoms with Crippen molar-refractivity contribution in [1.29, 1.82) is 0 Å². The van der Waals surface area contributed by atoms with Crippen molar-refractivity contribution in [2.24, 2.45) is 5.92 Å². The Kier molecular flexibility index (Phi) is 5.41. The van der Waals surface area contributed by atoms with Crippen LogP contribution in [-0.2, 0) is 12.8 Å². The standard InChI is InChI=1S/C17H27NO/c1-3-18(4-2)11-7-10-16-12-14-8-5-6-9-15(14)13-17(16)19/h5-6,8-9,16-17,19H,3-4,7,10-13H2,1-2H3. The van der Waals surface area contributed by atoms with E-state index in [9.17, 15) is 5.11 Å². The lowest BCUT2D eigenvalue weighted by Crippen LogP contribution is -2.31. The molecule has 0 amide bonds. The Balaban J connectivity index is 1.85. The minimum Gasteiger partial charge on any atom is -0.392 e. The molecule has 2 nitrogen and oxygen atoms in total. The quantitative estimate of drug-likeness (QED) is 0.851. The topological polar surface area (TPSA) is 23.5 Å². The minimum absolute atomic E-state index is 0.147. The zero-order chi connectivity index (χ0) is 13.7. The monoisotopic (exact) mass is 261 g/mol. The lowest BCUT2D eigenvalue weighted by molar-refractivity contribution is 0.0912. The second-order valence-corrected chi connectivity index (χ2v) is 5.67. The summed E-state index contributed by atoms with van der Waals surface area (Å²) in [5.41, 5.74) is 2.79. The van der Waals surface area contributed by atoms with Gasteiger partial charge in [-0.2, -0.15) is 0 Å². The average Bonchev–Trinajstić information content (AvgIpc) is 2.44. The number of aliphatic hydroxyl groups is 1. The SMILES string of the molecule is CCN(CC)CCCC1Cc2ccccc2CC1O. The zero-order valence-corrected chi connectivity index (χ0v) is 12.3. The summed E-state index contributed by atoms with van der Waals surface area (Å²) in [6.45, 7) is 7.86. The van der Waals surface area contributed by atoms with Crippen LogP contribution in [0.2, 0.25) is 0 Å². The molecular formula is C17H27NO. The molecule has 19 heavy (non-hydrogen) atoms. The number of rotatable bonds is 6. The molecular weight excluding hydrogens is 234 g/mol. The molecule has 1 N–H and O–H groups in total. The average molecular weight is 261 g/mol. The largest absolute Gasteiger partial charge is 0.392 e. The smallest absolute Gasteiger partial charge is 0.0611 e. The summed E-state index contributed by atoms with van der Waals surface area (Å²) in [6.07, 6.45) is 4.09. The third-order valence-electron chi connectivity index (χ3n) is 4.52. The van der Waals surface area contributed by atoms with E-state index in [1.807, 2.05) is 0 Å². The number of hydrogen-bond acceptors (Lipinski definition) is 2. The van der Waals surface area contributed by atoms with Crippen molar-refractivity contribution in [2.75, 3.05) is 19.6 Å². The first-order valence-corrected chi connectivity index (χ1v) is 7.71. The fourth-order valence-electron chi connectivity index (χ4n) is 3.18. The highest BCUT2D eigenvalue weighted by molar-refractivity contribution is 5.30. The molecule has 0 saturated carbocycles. The number of nitrogens with zero attached hydrogens (tertiary/aromatic N) is 1. The second-order valence-electron chi connectivity index (χ2n) is 5.67. The maximum Gasteiger partial charge on any atom is 0.0611 e. The fourth-order valence-corrected chi connectivity index (χ4v) is 3.18. The molecule has 0 spiro atoms. The van der Waals surface area contributed by atoms with Crippen LogP contribution >= 0.6 is 0 Å². The van der Waals surface area contributed by atoms with Gasteiger partial charge < -0.3 is 10.0 Å². The highest BCUT2D eigenvalue weighted by atomic mass is 16.3. The van der Waals surface area contributed by atoms with Gasteiger partial charge in [-0.05, 0) is 62.4 Å². The van der Waals surface area contributed by atoms with Crippen molar-refractivity contribution in [3.05, 3.63) is 35.4 Å². The van der Waals surface area contributed by atoms with Gasteiger partial charge in [0.2, 0.25) is 0 Å². The van der Waals surface area contributed by atoms with Gasteiger partial charge in [0.25, 0.3) is 0 Å². The van der Waals surface area contributed by atoms with Crippen molar-refractivity contribution in [1.82, 2.24) is 4.90 Å². The summed E-state index contributed by atoms with van der Waals surface area (Å²) in [7, 11) is 0. The van der Waals surface area contributed by atoms with Crippen LogP contribution in [-0.4, -0.2) is 35.7 Å². The van der Waals surface area contributed by atoms with Crippen LogP contribution in [0.5, 0.6) is 0 Å². The third-order valence-corrected chi connectivity index (χ3v) is 4.52. The first-order valence-electron chi connectivity index (χ1n) is 7.71. The minimum atomic E-state index is -0.147. The van der Waals surface area contributed by atoms with Gasteiger partial charge >= 0.3 is 0 Å². The Morgan fingerprint density at radius 2 is 1.74 bits per heavy atom. The summed E-state index contributed by atoms with van der Waals surface area (Å²) < 4.78 is 0. The summed E-state index contributed by atoms with van der Waals surface area (Å²) in [5.74, 6) is 0.450. The van der Waals surface area contributed by atoms with Gasteiger partial charge in [-0.3, -0.25) is 0 Å². The van der Waals surface area contributed by atoms with Gasteiger partial charge in [0.1, 0.15) is 0 Å². The molecule has 0 saturated heterocycles. The van der Waals surface area contributed by atoms with E-state index in [2.05, 4.69) is 43.0 Å². The van der Waals surface area contributed by atoms with Gasteiger partial charge in [0.05, 0.1) is 6.10 Å². The normalized spacial score (nSPS) is 22.5. The Hall–Kier alpha value is -0.860. The van der Waals surface area contributed by atoms with E-state index in [1.165, 1.54) is 17.5 Å². The molecule has 2 heteroatoms. The molecule has 0 aliphatic heterocycles. The Labute approximate surface area is 117 Å². The molecule has 2 unspecified atom stereocenters. The van der Waals surface area contributed by atoms with Crippen molar-refractivity contribution >= 4 is 0 Å².